The van der Waals surface area contributed by atoms with Gasteiger partial charge in [-0.25, -0.2) is 0 Å². The highest BCUT2D eigenvalue weighted by molar-refractivity contribution is 4.95. The van der Waals surface area contributed by atoms with E-state index in [1.165, 1.54) is 65.0 Å². The van der Waals surface area contributed by atoms with Gasteiger partial charge in [0.25, 0.3) is 0 Å². The summed E-state index contributed by atoms with van der Waals surface area (Å²) in [7, 11) is 0. The molecule has 0 bridgehead atoms. The van der Waals surface area contributed by atoms with Crippen molar-refractivity contribution >= 4 is 0 Å². The van der Waals surface area contributed by atoms with Crippen molar-refractivity contribution in [2.24, 2.45) is 5.92 Å². The van der Waals surface area contributed by atoms with Crippen LogP contribution in [0.1, 0.15) is 46.5 Å². The van der Waals surface area contributed by atoms with Crippen LogP contribution in [0.3, 0.4) is 0 Å². The van der Waals surface area contributed by atoms with Crippen molar-refractivity contribution in [2.75, 3.05) is 39.3 Å². The molecule has 1 aliphatic heterocycles. The van der Waals surface area contributed by atoms with Crippen molar-refractivity contribution in [3.05, 3.63) is 0 Å². The summed E-state index contributed by atoms with van der Waals surface area (Å²) in [5.41, 5.74) is 0. The molecule has 3 nitrogen and oxygen atoms in total. The Morgan fingerprint density at radius 3 is 2.47 bits per heavy atom. The van der Waals surface area contributed by atoms with Crippen molar-refractivity contribution in [1.82, 2.24) is 15.1 Å². The maximum Gasteiger partial charge on any atom is 0.0235 e. The van der Waals surface area contributed by atoms with Gasteiger partial charge < -0.3 is 5.32 Å². The van der Waals surface area contributed by atoms with Gasteiger partial charge in [0.05, 0.1) is 0 Å². The molecule has 3 atom stereocenters. The van der Waals surface area contributed by atoms with Crippen molar-refractivity contribution in [3.63, 3.8) is 0 Å². The van der Waals surface area contributed by atoms with Crippen LogP contribution in [0, 0.1) is 5.92 Å². The molecule has 1 saturated carbocycles. The fourth-order valence-electron chi connectivity index (χ4n) is 3.84. The second kappa shape index (κ2) is 7.61. The normalized spacial score (nSPS) is 31.9. The molecule has 1 heterocycles. The summed E-state index contributed by atoms with van der Waals surface area (Å²) in [6.45, 7) is 14.3. The van der Waals surface area contributed by atoms with E-state index in [9.17, 15) is 0 Å². The Morgan fingerprint density at radius 1 is 1.11 bits per heavy atom. The average molecular weight is 267 g/mol. The fraction of sp³-hybridized carbons (Fsp3) is 1.00. The zero-order valence-electron chi connectivity index (χ0n) is 13.2. The van der Waals surface area contributed by atoms with Gasteiger partial charge in [0.2, 0.25) is 0 Å². The van der Waals surface area contributed by atoms with Crippen molar-refractivity contribution in [3.8, 4) is 0 Å². The van der Waals surface area contributed by atoms with Crippen molar-refractivity contribution in [2.45, 2.75) is 58.5 Å². The Bertz CT molecular complexity index is 252. The Hall–Kier alpha value is -0.120. The number of nitrogens with zero attached hydrogens (tertiary/aromatic N) is 2. The first-order chi connectivity index (χ1) is 9.30. The van der Waals surface area contributed by atoms with Crippen LogP contribution in [0.25, 0.3) is 0 Å². The van der Waals surface area contributed by atoms with E-state index in [1.807, 2.05) is 0 Å². The third-order valence-electron chi connectivity index (χ3n) is 5.20. The van der Waals surface area contributed by atoms with Crippen molar-refractivity contribution < 1.29 is 0 Å². The number of likely N-dealkylation sites (tertiary alicyclic amines) is 1. The van der Waals surface area contributed by atoms with Gasteiger partial charge in [0.15, 0.2) is 0 Å². The molecule has 2 aliphatic rings. The quantitative estimate of drug-likeness (QED) is 0.680. The van der Waals surface area contributed by atoms with Gasteiger partial charge in [0.1, 0.15) is 0 Å². The molecule has 0 aromatic heterocycles. The van der Waals surface area contributed by atoms with Crippen LogP contribution >= 0.6 is 0 Å². The van der Waals surface area contributed by atoms with Crippen LogP contribution in [0.5, 0.6) is 0 Å². The van der Waals surface area contributed by atoms with E-state index in [2.05, 4.69) is 35.9 Å². The van der Waals surface area contributed by atoms with Crippen LogP contribution in [0.15, 0.2) is 0 Å². The maximum absolute atomic E-state index is 3.61. The lowest BCUT2D eigenvalue weighted by molar-refractivity contribution is 0.0741. The van der Waals surface area contributed by atoms with Gasteiger partial charge in [0, 0.05) is 25.2 Å². The molecule has 3 unspecified atom stereocenters. The van der Waals surface area contributed by atoms with E-state index in [4.69, 9.17) is 0 Å². The van der Waals surface area contributed by atoms with E-state index in [0.29, 0.717) is 0 Å². The molecule has 0 radical (unpaired) electrons. The summed E-state index contributed by atoms with van der Waals surface area (Å²) >= 11 is 0. The van der Waals surface area contributed by atoms with Crippen LogP contribution < -0.4 is 5.32 Å². The number of hydrogen-bond acceptors (Lipinski definition) is 3. The molecule has 0 aromatic rings. The predicted octanol–water partition coefficient (Wildman–Crippen LogP) is 2.18. The van der Waals surface area contributed by atoms with Gasteiger partial charge in [-0.3, -0.25) is 9.80 Å². The second-order valence-corrected chi connectivity index (χ2v) is 6.27. The Morgan fingerprint density at radius 2 is 1.89 bits per heavy atom. The minimum Gasteiger partial charge on any atom is -0.316 e. The van der Waals surface area contributed by atoms with Gasteiger partial charge in [-0.05, 0) is 57.8 Å². The SMILES string of the molecule is CCCNCC1CCC1N1CCC(N(CC)CC)C1. The molecule has 0 spiro atoms. The molecule has 1 N–H and O–H groups in total. The monoisotopic (exact) mass is 267 g/mol. The first-order valence-corrected chi connectivity index (χ1v) is 8.48. The van der Waals surface area contributed by atoms with E-state index in [1.54, 1.807) is 0 Å². The lowest BCUT2D eigenvalue weighted by Crippen LogP contribution is -2.50. The third kappa shape index (κ3) is 3.71. The van der Waals surface area contributed by atoms with E-state index in [0.717, 1.165) is 18.0 Å². The standard InChI is InChI=1S/C16H33N3/c1-4-10-17-12-14-7-8-16(14)19-11-9-15(13-19)18(5-2)6-3/h14-17H,4-13H2,1-3H3. The fourth-order valence-corrected chi connectivity index (χ4v) is 3.84. The molecular formula is C16H33N3. The Labute approximate surface area is 119 Å². The van der Waals surface area contributed by atoms with Gasteiger partial charge in [-0.1, -0.05) is 20.8 Å². The molecule has 2 fully saturated rings. The highest BCUT2D eigenvalue weighted by Crippen LogP contribution is 2.34. The first kappa shape index (κ1) is 15.3. The van der Waals surface area contributed by atoms with Gasteiger partial charge in [-0.2, -0.15) is 0 Å². The smallest absolute Gasteiger partial charge is 0.0235 e. The lowest BCUT2D eigenvalue weighted by Gasteiger charge is -2.43. The van der Waals surface area contributed by atoms with E-state index < -0.39 is 0 Å². The van der Waals surface area contributed by atoms with Crippen LogP contribution in [0.2, 0.25) is 0 Å². The van der Waals surface area contributed by atoms with Crippen LogP contribution in [0.4, 0.5) is 0 Å². The van der Waals surface area contributed by atoms with E-state index >= 15 is 0 Å². The summed E-state index contributed by atoms with van der Waals surface area (Å²) in [5.74, 6) is 0.919. The van der Waals surface area contributed by atoms with E-state index in [-0.39, 0.29) is 0 Å². The molecule has 2 rings (SSSR count). The average Bonchev–Trinajstić information content (AvgIpc) is 2.84. The van der Waals surface area contributed by atoms with Gasteiger partial charge in [-0.15, -0.1) is 0 Å². The lowest BCUT2D eigenvalue weighted by atomic mass is 9.78. The summed E-state index contributed by atoms with van der Waals surface area (Å²) in [6, 6.07) is 1.70. The molecule has 3 heteroatoms. The molecule has 1 saturated heterocycles. The molecular weight excluding hydrogens is 234 g/mol. The molecule has 1 aliphatic carbocycles. The molecule has 112 valence electrons. The number of hydrogen-bond donors (Lipinski definition) is 1. The van der Waals surface area contributed by atoms with Gasteiger partial charge >= 0.3 is 0 Å². The summed E-state index contributed by atoms with van der Waals surface area (Å²) < 4.78 is 0. The zero-order chi connectivity index (χ0) is 13.7. The predicted molar refractivity (Wildman–Crippen MR) is 82.6 cm³/mol. The summed E-state index contributed by atoms with van der Waals surface area (Å²) in [5, 5.41) is 3.61. The Kier molecular flexibility index (Phi) is 6.11. The molecule has 19 heavy (non-hydrogen) atoms. The minimum atomic E-state index is 0.819. The van der Waals surface area contributed by atoms with Crippen molar-refractivity contribution in [1.29, 1.82) is 0 Å². The number of rotatable bonds is 8. The summed E-state index contributed by atoms with van der Waals surface area (Å²) in [6.07, 6.45) is 5.51. The summed E-state index contributed by atoms with van der Waals surface area (Å²) in [4.78, 5) is 5.42. The highest BCUT2D eigenvalue weighted by atomic mass is 15.3. The topological polar surface area (TPSA) is 18.5 Å². The molecule has 0 amide bonds. The maximum atomic E-state index is 3.61. The Balaban J connectivity index is 1.74. The number of likely N-dealkylation sites (N-methyl/N-ethyl adjacent to an activating group) is 1. The number of nitrogens with one attached hydrogen (secondary N) is 1. The second-order valence-electron chi connectivity index (χ2n) is 6.27. The molecule has 0 aromatic carbocycles. The minimum absolute atomic E-state index is 0.819. The first-order valence-electron chi connectivity index (χ1n) is 8.48. The largest absolute Gasteiger partial charge is 0.316 e. The van der Waals surface area contributed by atoms with Crippen LogP contribution in [-0.4, -0.2) is 61.2 Å². The third-order valence-corrected chi connectivity index (χ3v) is 5.20. The highest BCUT2D eigenvalue weighted by Gasteiger charge is 2.39. The zero-order valence-corrected chi connectivity index (χ0v) is 13.2. The van der Waals surface area contributed by atoms with Crippen LogP contribution in [-0.2, 0) is 0 Å².